The first kappa shape index (κ1) is 43.2. The maximum Gasteiger partial charge on any atom is 0.417 e. The van der Waals surface area contributed by atoms with Crippen molar-refractivity contribution in [2.45, 2.75) is 44.3 Å². The molecule has 0 aliphatic carbocycles. The summed E-state index contributed by atoms with van der Waals surface area (Å²) in [5.74, 6) is -2.28. The quantitative estimate of drug-likeness (QED) is 0.0444. The van der Waals surface area contributed by atoms with Crippen LogP contribution in [0, 0.1) is 17.1 Å². The second kappa shape index (κ2) is 18.6. The number of benzene rings is 3. The third-order valence-electron chi connectivity index (χ3n) is 9.20. The number of rotatable bonds is 16. The number of halogens is 4. The zero-order valence-corrected chi connectivity index (χ0v) is 32.4. The third-order valence-corrected chi connectivity index (χ3v) is 9.66. The molecule has 2 N–H and O–H groups in total. The summed E-state index contributed by atoms with van der Waals surface area (Å²) in [6.07, 6.45) is -2.12. The molecule has 0 saturated carbocycles. The van der Waals surface area contributed by atoms with Crippen molar-refractivity contribution in [1.82, 2.24) is 10.6 Å². The third kappa shape index (κ3) is 10.1. The predicted molar refractivity (Wildman–Crippen MR) is 207 cm³/mol. The van der Waals surface area contributed by atoms with E-state index < -0.39 is 40.5 Å². The minimum atomic E-state index is -4.82. The Labute approximate surface area is 335 Å². The first-order valence-corrected chi connectivity index (χ1v) is 18.3. The highest BCUT2D eigenvalue weighted by molar-refractivity contribution is 7.80. The lowest BCUT2D eigenvalue weighted by Gasteiger charge is -2.39. The molecule has 1 atom stereocenters. The SMILES string of the molecule is CN(C(=S)N(c1ccc(C(=O)NCCOCCOCCOc2ccc3occ(C4CCC(=O)NC4=O)c3c2)c(F)c1)C(C)(C)C=O)c1ccc(C#N)c(C(F)(F)F)c1. The molecular weight excluding hydrogens is 787 g/mol. The number of amides is 3. The molecule has 3 amide bonds. The summed E-state index contributed by atoms with van der Waals surface area (Å²) in [6.45, 7) is 4.00. The number of thiocarbonyl (C=S) groups is 1. The number of carbonyl (C=O) groups is 4. The number of alkyl halides is 3. The smallest absolute Gasteiger partial charge is 0.417 e. The van der Waals surface area contributed by atoms with E-state index in [0.29, 0.717) is 29.6 Å². The number of anilines is 2. The van der Waals surface area contributed by atoms with Crippen LogP contribution in [0.15, 0.2) is 65.3 Å². The van der Waals surface area contributed by atoms with Gasteiger partial charge in [0.05, 0.1) is 66.9 Å². The van der Waals surface area contributed by atoms with Crippen LogP contribution in [0.4, 0.5) is 28.9 Å². The van der Waals surface area contributed by atoms with Crippen molar-refractivity contribution in [3.63, 3.8) is 0 Å². The Morgan fingerprint density at radius 1 is 1.03 bits per heavy atom. The van der Waals surface area contributed by atoms with E-state index in [1.807, 2.05) is 0 Å². The summed E-state index contributed by atoms with van der Waals surface area (Å²) in [7, 11) is 1.37. The second-order valence-electron chi connectivity index (χ2n) is 13.6. The molecule has 18 heteroatoms. The Morgan fingerprint density at radius 3 is 2.41 bits per heavy atom. The molecule has 3 aromatic carbocycles. The van der Waals surface area contributed by atoms with Crippen molar-refractivity contribution in [1.29, 1.82) is 5.26 Å². The Bertz CT molecular complexity index is 2240. The van der Waals surface area contributed by atoms with Gasteiger partial charge in [-0.1, -0.05) is 0 Å². The number of carbonyl (C=O) groups excluding carboxylic acids is 4. The number of piperidine rings is 1. The first-order valence-electron chi connectivity index (χ1n) is 17.9. The number of furan rings is 1. The molecule has 1 aliphatic rings. The monoisotopic (exact) mass is 825 g/mol. The number of imide groups is 1. The zero-order chi connectivity index (χ0) is 42.2. The summed E-state index contributed by atoms with van der Waals surface area (Å²) >= 11 is 5.58. The summed E-state index contributed by atoms with van der Waals surface area (Å²) in [5, 5.41) is 14.6. The zero-order valence-electron chi connectivity index (χ0n) is 31.6. The molecule has 0 radical (unpaired) electrons. The number of nitrogens with zero attached hydrogens (tertiary/aromatic N) is 3. The molecule has 1 saturated heterocycles. The highest BCUT2D eigenvalue weighted by Crippen LogP contribution is 2.36. The maximum atomic E-state index is 15.4. The van der Waals surface area contributed by atoms with E-state index in [1.54, 1.807) is 18.2 Å². The lowest BCUT2D eigenvalue weighted by Crippen LogP contribution is -2.54. The summed E-state index contributed by atoms with van der Waals surface area (Å²) in [6, 6.07) is 13.3. The van der Waals surface area contributed by atoms with Crippen LogP contribution in [-0.2, 0) is 30.0 Å². The van der Waals surface area contributed by atoms with Gasteiger partial charge in [0.25, 0.3) is 5.91 Å². The Hall–Kier alpha value is -5.90. The van der Waals surface area contributed by atoms with Crippen LogP contribution in [-0.4, -0.2) is 81.3 Å². The number of nitrogens with one attached hydrogen (secondary N) is 2. The van der Waals surface area contributed by atoms with Gasteiger partial charge in [-0.2, -0.15) is 18.4 Å². The van der Waals surface area contributed by atoms with Crippen LogP contribution < -0.4 is 25.2 Å². The molecule has 4 aromatic rings. The fourth-order valence-corrected chi connectivity index (χ4v) is 6.60. The molecular formula is C40H39F4N5O8S. The van der Waals surface area contributed by atoms with Crippen molar-refractivity contribution in [2.75, 3.05) is 56.4 Å². The number of aldehydes is 1. The topological polar surface area (TPSA) is 163 Å². The number of nitriles is 1. The van der Waals surface area contributed by atoms with Crippen molar-refractivity contribution < 1.29 is 55.4 Å². The van der Waals surface area contributed by atoms with Gasteiger partial charge in [-0.15, -0.1) is 0 Å². The summed E-state index contributed by atoms with van der Waals surface area (Å²) in [5.41, 5.74) is -2.17. The molecule has 0 spiro atoms. The number of hydrogen-bond donors (Lipinski definition) is 2. The van der Waals surface area contributed by atoms with Crippen molar-refractivity contribution in [3.8, 4) is 11.8 Å². The fraction of sp³-hybridized carbons (Fsp3) is 0.350. The maximum absolute atomic E-state index is 15.4. The highest BCUT2D eigenvalue weighted by Gasteiger charge is 2.36. The molecule has 1 unspecified atom stereocenters. The van der Waals surface area contributed by atoms with Crippen molar-refractivity contribution >= 4 is 63.7 Å². The highest BCUT2D eigenvalue weighted by atomic mass is 32.1. The van der Waals surface area contributed by atoms with Crippen LogP contribution in [0.25, 0.3) is 11.0 Å². The Balaban J connectivity index is 1.06. The van der Waals surface area contributed by atoms with Gasteiger partial charge in [0.1, 0.15) is 30.0 Å². The van der Waals surface area contributed by atoms with Crippen LogP contribution in [0.3, 0.4) is 0 Å². The second-order valence-corrected chi connectivity index (χ2v) is 14.0. The summed E-state index contributed by atoms with van der Waals surface area (Å²) in [4.78, 5) is 51.3. The van der Waals surface area contributed by atoms with E-state index in [0.717, 1.165) is 23.6 Å². The number of hydrogen-bond acceptors (Lipinski definition) is 10. The Morgan fingerprint density at radius 2 is 1.74 bits per heavy atom. The van der Waals surface area contributed by atoms with Gasteiger partial charge in [0, 0.05) is 42.3 Å². The van der Waals surface area contributed by atoms with E-state index >= 15 is 4.39 Å². The average Bonchev–Trinajstić information content (AvgIpc) is 3.60. The largest absolute Gasteiger partial charge is 0.491 e. The van der Waals surface area contributed by atoms with E-state index in [4.69, 9.17) is 36.1 Å². The van der Waals surface area contributed by atoms with Gasteiger partial charge < -0.3 is 38.5 Å². The van der Waals surface area contributed by atoms with Crippen LogP contribution >= 0.6 is 12.2 Å². The molecule has 1 fully saturated rings. The molecule has 306 valence electrons. The fourth-order valence-electron chi connectivity index (χ4n) is 6.15. The minimum Gasteiger partial charge on any atom is -0.491 e. The van der Waals surface area contributed by atoms with Gasteiger partial charge in [0.2, 0.25) is 11.8 Å². The average molecular weight is 826 g/mol. The van der Waals surface area contributed by atoms with Gasteiger partial charge in [-0.05, 0) is 87.1 Å². The molecule has 5 rings (SSSR count). The molecule has 58 heavy (non-hydrogen) atoms. The first-order chi connectivity index (χ1) is 27.5. The van der Waals surface area contributed by atoms with E-state index in [9.17, 15) is 32.3 Å². The molecule has 13 nitrogen and oxygen atoms in total. The van der Waals surface area contributed by atoms with Crippen LogP contribution in [0.1, 0.15) is 59.7 Å². The van der Waals surface area contributed by atoms with Crippen LogP contribution in [0.5, 0.6) is 5.75 Å². The molecule has 1 aliphatic heterocycles. The lowest BCUT2D eigenvalue weighted by molar-refractivity contribution is -0.138. The van der Waals surface area contributed by atoms with Gasteiger partial charge in [-0.3, -0.25) is 19.7 Å². The van der Waals surface area contributed by atoms with E-state index in [2.05, 4.69) is 10.6 Å². The number of fused-ring (bicyclic) bond motifs is 1. The normalized spacial score (nSPS) is 14.4. The van der Waals surface area contributed by atoms with Gasteiger partial charge >= 0.3 is 6.18 Å². The molecule has 0 bridgehead atoms. The van der Waals surface area contributed by atoms with Crippen LogP contribution in [0.2, 0.25) is 0 Å². The Kier molecular flexibility index (Phi) is 13.8. The summed E-state index contributed by atoms with van der Waals surface area (Å²) < 4.78 is 78.7. The molecule has 2 heterocycles. The van der Waals surface area contributed by atoms with Crippen molar-refractivity contribution in [2.24, 2.45) is 0 Å². The van der Waals surface area contributed by atoms with Crippen molar-refractivity contribution in [3.05, 3.63) is 88.9 Å². The van der Waals surface area contributed by atoms with E-state index in [-0.39, 0.29) is 79.9 Å². The minimum absolute atomic E-state index is 0.0355. The lowest BCUT2D eigenvalue weighted by atomic mass is 9.90. The van der Waals surface area contributed by atoms with Gasteiger partial charge in [-0.25, -0.2) is 4.39 Å². The standard InChI is InChI=1S/C40H39F4N5O8S/c1-39(2,23-50)49(38(58)48(3)25-5-4-24(21-45)32(18-25)40(42,43)44)26-6-8-29(33(41)19-26)36(52)46-12-13-54-14-15-55-16-17-56-27-7-10-34-30(20-27)31(22-57-34)28-9-11-35(51)47-37(28)53/h4-8,10,18-20,22-23,28H,9,11-17H2,1-3H3,(H,46,52)(H,47,51,53). The number of ether oxygens (including phenoxy) is 3. The van der Waals surface area contributed by atoms with Gasteiger partial charge in [0.15, 0.2) is 5.11 Å². The van der Waals surface area contributed by atoms with E-state index in [1.165, 1.54) is 61.2 Å². The predicted octanol–water partition coefficient (Wildman–Crippen LogP) is 6.03. The molecule has 1 aromatic heterocycles.